The number of halogens is 1. The summed E-state index contributed by atoms with van der Waals surface area (Å²) in [4.78, 5) is 16.4. The molecule has 0 bridgehead atoms. The third-order valence-corrected chi connectivity index (χ3v) is 5.29. The number of aromatic nitrogens is 2. The molecule has 2 N–H and O–H groups in total. The Morgan fingerprint density at radius 1 is 1.10 bits per heavy atom. The van der Waals surface area contributed by atoms with Gasteiger partial charge in [-0.2, -0.15) is 0 Å². The number of nitrogens with zero attached hydrogens (tertiary/aromatic N) is 2. The van der Waals surface area contributed by atoms with Gasteiger partial charge in [0.2, 0.25) is 0 Å². The number of imidazole rings is 1. The molecule has 2 atom stereocenters. The van der Waals surface area contributed by atoms with Crippen LogP contribution < -0.4 is 0 Å². The van der Waals surface area contributed by atoms with Crippen LogP contribution in [0.3, 0.4) is 0 Å². The highest BCUT2D eigenvalue weighted by molar-refractivity contribution is 6.30. The van der Waals surface area contributed by atoms with E-state index in [0.29, 0.717) is 10.6 Å². The van der Waals surface area contributed by atoms with Crippen LogP contribution in [0.25, 0.3) is 5.57 Å². The molecule has 6 heteroatoms. The van der Waals surface area contributed by atoms with Gasteiger partial charge in [-0.25, -0.2) is 9.78 Å². The Hall–Kier alpha value is -2.89. The second kappa shape index (κ2) is 8.46. The zero-order chi connectivity index (χ0) is 21.9. The Morgan fingerprint density at radius 3 is 2.23 bits per heavy atom. The van der Waals surface area contributed by atoms with Crippen molar-refractivity contribution in [2.75, 3.05) is 0 Å². The van der Waals surface area contributed by atoms with E-state index in [0.717, 1.165) is 11.1 Å². The molecule has 3 rings (SSSR count). The summed E-state index contributed by atoms with van der Waals surface area (Å²) in [7, 11) is 0. The Labute approximate surface area is 181 Å². The summed E-state index contributed by atoms with van der Waals surface area (Å²) in [6.07, 6.45) is 6.08. The van der Waals surface area contributed by atoms with Crippen molar-refractivity contribution in [3.8, 4) is 0 Å². The van der Waals surface area contributed by atoms with Gasteiger partial charge in [0, 0.05) is 17.4 Å². The number of carbonyl (C=O) groups is 1. The average Bonchev–Trinajstić information content (AvgIpc) is 3.20. The predicted octanol–water partition coefficient (Wildman–Crippen LogP) is 5.18. The number of benzene rings is 2. The number of carboxylic acid groups (broad SMARTS) is 1. The summed E-state index contributed by atoms with van der Waals surface area (Å²) in [5.41, 5.74) is -0.0697. The molecular formula is C24H25ClN2O3. The van der Waals surface area contributed by atoms with E-state index in [9.17, 15) is 15.0 Å². The molecule has 1 aromatic heterocycles. The highest BCUT2D eigenvalue weighted by Crippen LogP contribution is 2.42. The second-order valence-corrected chi connectivity index (χ2v) is 8.69. The molecule has 3 aromatic rings. The van der Waals surface area contributed by atoms with Crippen LogP contribution in [0.2, 0.25) is 5.02 Å². The topological polar surface area (TPSA) is 75.3 Å². The van der Waals surface area contributed by atoms with E-state index in [1.165, 1.54) is 23.3 Å². The van der Waals surface area contributed by atoms with Crippen LogP contribution in [0.15, 0.2) is 79.4 Å². The molecule has 0 aliphatic rings. The molecule has 30 heavy (non-hydrogen) atoms. The van der Waals surface area contributed by atoms with E-state index in [-0.39, 0.29) is 5.41 Å². The standard InChI is InChI=1S/C24H25ClN2O3/c1-23(2,3)20(17-7-5-4-6-8-17)15-24(30,18-9-11-19(25)12-10-18)21(22(28)29)27-14-13-26-16-27/h4-16,21,30H,1-3H3,(H,28,29). The first-order chi connectivity index (χ1) is 14.1. The number of rotatable bonds is 6. The van der Waals surface area contributed by atoms with E-state index in [1.54, 1.807) is 30.3 Å². The third-order valence-electron chi connectivity index (χ3n) is 5.04. The van der Waals surface area contributed by atoms with Crippen LogP contribution in [0, 0.1) is 5.41 Å². The number of carboxylic acids is 1. The van der Waals surface area contributed by atoms with Crippen molar-refractivity contribution in [1.82, 2.24) is 9.55 Å². The molecule has 0 fully saturated rings. The largest absolute Gasteiger partial charge is 0.480 e. The summed E-state index contributed by atoms with van der Waals surface area (Å²) in [6, 6.07) is 14.9. The van der Waals surface area contributed by atoms with Gasteiger partial charge in [0.25, 0.3) is 0 Å². The maximum Gasteiger partial charge on any atom is 0.330 e. The molecule has 1 heterocycles. The fraction of sp³-hybridized carbons (Fsp3) is 0.250. The van der Waals surface area contributed by atoms with Crippen molar-refractivity contribution in [1.29, 1.82) is 0 Å². The van der Waals surface area contributed by atoms with Crippen LogP contribution >= 0.6 is 11.6 Å². The molecule has 156 valence electrons. The van der Waals surface area contributed by atoms with Crippen LogP contribution in [0.1, 0.15) is 37.9 Å². The minimum absolute atomic E-state index is 0.361. The zero-order valence-corrected chi connectivity index (χ0v) is 17.9. The lowest BCUT2D eigenvalue weighted by Crippen LogP contribution is -2.40. The highest BCUT2D eigenvalue weighted by Gasteiger charge is 2.44. The Morgan fingerprint density at radius 2 is 1.73 bits per heavy atom. The van der Waals surface area contributed by atoms with Crippen LogP contribution in [-0.4, -0.2) is 25.7 Å². The fourth-order valence-electron chi connectivity index (χ4n) is 3.57. The molecule has 0 amide bonds. The van der Waals surface area contributed by atoms with Crippen molar-refractivity contribution in [3.05, 3.63) is 95.5 Å². The van der Waals surface area contributed by atoms with Gasteiger partial charge in [0.1, 0.15) is 5.60 Å². The molecule has 0 spiro atoms. The van der Waals surface area contributed by atoms with Gasteiger partial charge in [-0.05, 0) is 40.3 Å². The molecule has 0 saturated heterocycles. The van der Waals surface area contributed by atoms with Gasteiger partial charge in [-0.3, -0.25) is 0 Å². The van der Waals surface area contributed by atoms with Gasteiger partial charge in [0.05, 0.1) is 6.33 Å². The fourth-order valence-corrected chi connectivity index (χ4v) is 3.70. The van der Waals surface area contributed by atoms with E-state index in [4.69, 9.17) is 11.6 Å². The maximum atomic E-state index is 12.4. The van der Waals surface area contributed by atoms with Crippen molar-refractivity contribution in [2.24, 2.45) is 5.41 Å². The maximum absolute atomic E-state index is 12.4. The number of hydrogen-bond donors (Lipinski definition) is 2. The summed E-state index contributed by atoms with van der Waals surface area (Å²) >= 11 is 6.05. The predicted molar refractivity (Wildman–Crippen MR) is 118 cm³/mol. The first kappa shape index (κ1) is 21.8. The molecule has 0 saturated carbocycles. The summed E-state index contributed by atoms with van der Waals surface area (Å²) in [5, 5.41) is 22.6. The van der Waals surface area contributed by atoms with Crippen molar-refractivity contribution in [3.63, 3.8) is 0 Å². The number of aliphatic hydroxyl groups is 1. The minimum Gasteiger partial charge on any atom is -0.480 e. The zero-order valence-electron chi connectivity index (χ0n) is 17.2. The molecule has 2 aromatic carbocycles. The van der Waals surface area contributed by atoms with E-state index in [1.807, 2.05) is 51.1 Å². The third kappa shape index (κ3) is 4.48. The van der Waals surface area contributed by atoms with Crippen LogP contribution in [0.4, 0.5) is 0 Å². The number of aliphatic carboxylic acids is 1. The van der Waals surface area contributed by atoms with Crippen LogP contribution in [-0.2, 0) is 10.4 Å². The summed E-state index contributed by atoms with van der Waals surface area (Å²) < 4.78 is 1.40. The van der Waals surface area contributed by atoms with Crippen LogP contribution in [0.5, 0.6) is 0 Å². The summed E-state index contributed by atoms with van der Waals surface area (Å²) in [6.45, 7) is 6.09. The van der Waals surface area contributed by atoms with Crippen molar-refractivity contribution >= 4 is 23.1 Å². The first-order valence-electron chi connectivity index (χ1n) is 9.60. The quantitative estimate of drug-likeness (QED) is 0.571. The molecule has 0 aliphatic heterocycles. The number of hydrogen-bond acceptors (Lipinski definition) is 3. The molecule has 0 radical (unpaired) electrons. The lowest BCUT2D eigenvalue weighted by atomic mass is 9.76. The summed E-state index contributed by atoms with van der Waals surface area (Å²) in [5.74, 6) is -1.18. The van der Waals surface area contributed by atoms with E-state index >= 15 is 0 Å². The normalized spacial score (nSPS) is 15.4. The molecule has 2 unspecified atom stereocenters. The Balaban J connectivity index is 2.31. The van der Waals surface area contributed by atoms with E-state index < -0.39 is 17.6 Å². The van der Waals surface area contributed by atoms with Gasteiger partial charge in [0.15, 0.2) is 6.04 Å². The van der Waals surface area contributed by atoms with Gasteiger partial charge < -0.3 is 14.8 Å². The van der Waals surface area contributed by atoms with Gasteiger partial charge >= 0.3 is 5.97 Å². The first-order valence-corrected chi connectivity index (χ1v) is 9.98. The van der Waals surface area contributed by atoms with Gasteiger partial charge in [-0.15, -0.1) is 0 Å². The molecular weight excluding hydrogens is 400 g/mol. The smallest absolute Gasteiger partial charge is 0.330 e. The Kier molecular flexibility index (Phi) is 6.15. The average molecular weight is 425 g/mol. The second-order valence-electron chi connectivity index (χ2n) is 8.26. The highest BCUT2D eigenvalue weighted by atomic mass is 35.5. The molecule has 0 aliphatic carbocycles. The van der Waals surface area contributed by atoms with Gasteiger partial charge in [-0.1, -0.05) is 74.8 Å². The lowest BCUT2D eigenvalue weighted by Gasteiger charge is -2.35. The SMILES string of the molecule is CC(C)(C)C(=CC(O)(c1ccc(Cl)cc1)C(C(=O)O)n1ccnc1)c1ccccc1. The van der Waals surface area contributed by atoms with E-state index in [2.05, 4.69) is 4.98 Å². The molecule has 5 nitrogen and oxygen atoms in total. The number of allylic oxidation sites excluding steroid dienone is 1. The Bertz CT molecular complexity index is 1020. The minimum atomic E-state index is -1.87. The monoisotopic (exact) mass is 424 g/mol. The lowest BCUT2D eigenvalue weighted by molar-refractivity contribution is -0.148. The van der Waals surface area contributed by atoms with Crippen molar-refractivity contribution < 1.29 is 15.0 Å². The van der Waals surface area contributed by atoms with Crippen molar-refractivity contribution in [2.45, 2.75) is 32.4 Å².